The van der Waals surface area contributed by atoms with Crippen LogP contribution >= 0.6 is 0 Å². The molecule has 0 aromatic heterocycles. The van der Waals surface area contributed by atoms with Gasteiger partial charge in [0.05, 0.1) is 5.92 Å². The highest BCUT2D eigenvalue weighted by atomic mass is 28.4. The normalized spacial score (nSPS) is 14.2. The number of hydrogen-bond acceptors (Lipinski definition) is 8. The zero-order valence-corrected chi connectivity index (χ0v) is 42.7. The Morgan fingerprint density at radius 1 is 0.532 bits per heavy atom. The van der Waals surface area contributed by atoms with Gasteiger partial charge in [0.15, 0.2) is 0 Å². The Balaban J connectivity index is 0.00000103. The molecule has 62 heavy (non-hydrogen) atoms. The lowest BCUT2D eigenvalue weighted by Gasteiger charge is -2.32. The van der Waals surface area contributed by atoms with E-state index >= 15 is 0 Å². The number of carboxylic acids is 2. The van der Waals surface area contributed by atoms with Gasteiger partial charge in [-0.15, -0.1) is 0 Å². The Kier molecular flexibility index (Phi) is 23.3. The van der Waals surface area contributed by atoms with Crippen molar-refractivity contribution in [3.63, 3.8) is 0 Å². The molecule has 2 rings (SSSR count). The summed E-state index contributed by atoms with van der Waals surface area (Å²) in [4.78, 5) is 63.1. The zero-order chi connectivity index (χ0) is 48.7. The molecule has 2 amide bonds. The molecule has 0 spiro atoms. The van der Waals surface area contributed by atoms with Crippen LogP contribution in [-0.2, 0) is 41.2 Å². The first kappa shape index (κ1) is 57.6. The molecule has 0 aliphatic carbocycles. The van der Waals surface area contributed by atoms with Crippen LogP contribution in [0.5, 0.6) is 11.5 Å². The largest absolute Gasteiger partial charge is 0.518 e. The predicted octanol–water partition coefficient (Wildman–Crippen LogP) is 9.88. The van der Waals surface area contributed by atoms with Crippen molar-refractivity contribution in [2.24, 2.45) is 35.5 Å². The van der Waals surface area contributed by atoms with Crippen LogP contribution in [0.25, 0.3) is 0 Å². The number of carboxylic acid groups (broad SMARTS) is 2. The summed E-state index contributed by atoms with van der Waals surface area (Å²) in [5, 5.41) is 17.9. The minimum Gasteiger partial charge on any atom is -0.518 e. The fraction of sp³-hybridized carbons (Fsp3) is 0.653. The Bertz CT molecular complexity index is 1700. The van der Waals surface area contributed by atoms with Gasteiger partial charge in [-0.1, -0.05) is 86.6 Å². The van der Waals surface area contributed by atoms with Crippen molar-refractivity contribution in [1.82, 2.24) is 9.80 Å². The molecule has 0 saturated heterocycles. The van der Waals surface area contributed by atoms with Gasteiger partial charge in [-0.2, -0.15) is 0 Å². The molecular formula is C49H82N2O10Si. The second-order valence-corrected chi connectivity index (χ2v) is 24.8. The fourth-order valence-corrected chi connectivity index (χ4v) is 6.22. The number of benzene rings is 2. The first-order valence-electron chi connectivity index (χ1n) is 21.9. The van der Waals surface area contributed by atoms with Crippen LogP contribution in [-0.4, -0.2) is 95.4 Å². The lowest BCUT2D eigenvalue weighted by molar-refractivity contribution is -0.151. The van der Waals surface area contributed by atoms with Crippen LogP contribution in [0, 0.1) is 35.5 Å². The molecule has 0 bridgehead atoms. The van der Waals surface area contributed by atoms with E-state index in [0.717, 1.165) is 22.6 Å². The predicted molar refractivity (Wildman–Crippen MR) is 251 cm³/mol. The number of amides is 2. The second kappa shape index (κ2) is 25.0. The van der Waals surface area contributed by atoms with Crippen LogP contribution in [0.3, 0.4) is 0 Å². The van der Waals surface area contributed by atoms with Gasteiger partial charge in [-0.3, -0.25) is 19.2 Å². The number of hydrogen-bond donors (Lipinski definition) is 2. The topological polar surface area (TPSA) is 160 Å². The molecule has 2 N–H and O–H groups in total. The number of rotatable bonds is 17. The number of carbonyl (C=O) groups is 5. The van der Waals surface area contributed by atoms with Crippen LogP contribution in [0.2, 0.25) is 19.6 Å². The number of aliphatic carboxylic acids is 2. The first-order chi connectivity index (χ1) is 28.1. The van der Waals surface area contributed by atoms with E-state index in [9.17, 15) is 29.1 Å². The van der Waals surface area contributed by atoms with Gasteiger partial charge in [-0.05, 0) is 114 Å². The Hall–Kier alpha value is -4.39. The van der Waals surface area contributed by atoms with E-state index in [0.29, 0.717) is 6.42 Å². The van der Waals surface area contributed by atoms with Gasteiger partial charge in [0.1, 0.15) is 34.8 Å². The van der Waals surface area contributed by atoms with Gasteiger partial charge in [0, 0.05) is 38.8 Å². The van der Waals surface area contributed by atoms with E-state index in [1.807, 2.05) is 165 Å². The summed E-state index contributed by atoms with van der Waals surface area (Å²) in [5.74, 6) is -0.679. The van der Waals surface area contributed by atoms with Crippen LogP contribution in [0.4, 0.5) is 0 Å². The van der Waals surface area contributed by atoms with Crippen LogP contribution in [0.15, 0.2) is 48.5 Å². The van der Waals surface area contributed by atoms with E-state index in [2.05, 4.69) is 0 Å². The lowest BCUT2D eigenvalue weighted by atomic mass is 9.95. The van der Waals surface area contributed by atoms with Gasteiger partial charge in [-0.25, -0.2) is 4.79 Å². The quantitative estimate of drug-likeness (QED) is 0.146. The molecule has 352 valence electrons. The van der Waals surface area contributed by atoms with Crippen molar-refractivity contribution in [2.75, 3.05) is 14.1 Å². The average molecular weight is 887 g/mol. The van der Waals surface area contributed by atoms with Gasteiger partial charge < -0.3 is 33.9 Å². The Labute approximate surface area is 375 Å². The van der Waals surface area contributed by atoms with E-state index in [1.54, 1.807) is 25.9 Å². The van der Waals surface area contributed by atoms with Crippen molar-refractivity contribution in [3.8, 4) is 11.5 Å². The summed E-state index contributed by atoms with van der Waals surface area (Å²) in [6.07, 6.45) is 0.671. The maximum atomic E-state index is 13.0. The maximum absolute atomic E-state index is 13.0. The second-order valence-electron chi connectivity index (χ2n) is 20.4. The van der Waals surface area contributed by atoms with E-state index in [1.165, 1.54) is 4.90 Å². The first-order valence-corrected chi connectivity index (χ1v) is 25.3. The lowest BCUT2D eigenvalue weighted by Crippen LogP contribution is -2.49. The van der Waals surface area contributed by atoms with Gasteiger partial charge in [0.2, 0.25) is 20.1 Å². The summed E-state index contributed by atoms with van der Waals surface area (Å²) in [6, 6.07) is 13.5. The third-order valence-corrected chi connectivity index (χ3v) is 11.1. The van der Waals surface area contributed by atoms with E-state index < -0.39 is 32.3 Å². The Morgan fingerprint density at radius 2 is 0.839 bits per heavy atom. The van der Waals surface area contributed by atoms with Crippen molar-refractivity contribution in [2.45, 2.75) is 160 Å². The third-order valence-electron chi connectivity index (χ3n) is 10.3. The summed E-state index contributed by atoms with van der Waals surface area (Å²) < 4.78 is 17.4. The Morgan fingerprint density at radius 3 is 1.08 bits per heavy atom. The number of likely N-dealkylation sites (N-methyl/N-ethyl adjacent to an activating group) is 2. The molecule has 2 aromatic carbocycles. The summed E-state index contributed by atoms with van der Waals surface area (Å²) in [5.41, 5.74) is 1.25. The molecule has 0 saturated carbocycles. The van der Waals surface area contributed by atoms with Gasteiger partial charge in [0.25, 0.3) is 0 Å². The molecule has 0 radical (unpaired) electrons. The molecule has 0 unspecified atom stereocenters. The SMILES string of the molecule is CC(C)[C@H](C)C(=O)N(C)[C@@H](Cc1ccc(OC(C)(C)C)cc1)C(=O)O.CC(C)[C@H](C)C(=O)N(C)[C@@H](Cc1ccc(OC(C)(C)C)cc1)C(=O)O[Si](C)(C)C.CC(C)[C@H](C)C(=O)O. The van der Waals surface area contributed by atoms with Crippen molar-refractivity contribution >= 4 is 38.0 Å². The number of carbonyl (C=O) groups excluding carboxylic acids is 3. The molecular weight excluding hydrogens is 805 g/mol. The third kappa shape index (κ3) is 22.1. The van der Waals surface area contributed by atoms with Crippen molar-refractivity contribution < 1.29 is 48.1 Å². The molecule has 2 aromatic rings. The molecule has 0 fully saturated rings. The molecule has 13 heteroatoms. The molecule has 5 atom stereocenters. The van der Waals surface area contributed by atoms with Crippen molar-refractivity contribution in [1.29, 1.82) is 0 Å². The summed E-state index contributed by atoms with van der Waals surface area (Å²) in [7, 11) is 1.20. The minimum atomic E-state index is -2.07. The molecule has 0 aliphatic heterocycles. The molecule has 0 heterocycles. The number of ether oxygens (including phenoxy) is 2. The summed E-state index contributed by atoms with van der Waals surface area (Å²) in [6.45, 7) is 35.0. The maximum Gasteiger partial charge on any atom is 0.326 e. The van der Waals surface area contributed by atoms with Crippen LogP contribution in [0.1, 0.15) is 115 Å². The highest BCUT2D eigenvalue weighted by Gasteiger charge is 2.35. The van der Waals surface area contributed by atoms with Crippen molar-refractivity contribution in [3.05, 3.63) is 59.7 Å². The van der Waals surface area contributed by atoms with E-state index in [4.69, 9.17) is 19.0 Å². The highest BCUT2D eigenvalue weighted by Crippen LogP contribution is 2.24. The highest BCUT2D eigenvalue weighted by molar-refractivity contribution is 6.71. The fourth-order valence-electron chi connectivity index (χ4n) is 5.48. The monoisotopic (exact) mass is 887 g/mol. The van der Waals surface area contributed by atoms with Gasteiger partial charge >= 0.3 is 17.9 Å². The smallest absolute Gasteiger partial charge is 0.326 e. The van der Waals surface area contributed by atoms with Crippen LogP contribution < -0.4 is 9.47 Å². The molecule has 12 nitrogen and oxygen atoms in total. The minimum absolute atomic E-state index is 0.0368. The van der Waals surface area contributed by atoms with E-state index in [-0.39, 0.29) is 70.9 Å². The standard InChI is InChI=1S/C23H39NO4Si.C20H31NO4.C6H12O2/c1-16(2)17(3)21(25)24(7)20(22(26)28-29(8,9)10)15-18-11-13-19(14-12-18)27-23(4,5)6;1-13(2)14(3)18(22)21(7)17(19(23)24)12-15-8-10-16(11-9-15)25-20(4,5)6;1-4(2)5(3)6(7)8/h11-14,16-17,20H,15H2,1-10H3;8-11,13-14,17H,12H2,1-7H3,(H,23,24);4-5H,1-3H3,(H,7,8)/t17-,20-;14-,17-;5-/m000/s1. The summed E-state index contributed by atoms with van der Waals surface area (Å²) >= 11 is 0. The molecule has 0 aliphatic rings. The average Bonchev–Trinajstić information content (AvgIpc) is 3.13. The number of nitrogens with zero attached hydrogens (tertiary/aromatic N) is 2. The zero-order valence-electron chi connectivity index (χ0n) is 41.7.